The number of aliphatic hydroxyl groups is 1. The molecule has 0 saturated carbocycles. The van der Waals surface area contributed by atoms with Gasteiger partial charge in [-0.15, -0.1) is 0 Å². The number of hydrogen-bond donors (Lipinski definition) is 1. The summed E-state index contributed by atoms with van der Waals surface area (Å²) in [6.45, 7) is 2.53. The van der Waals surface area contributed by atoms with E-state index >= 15 is 0 Å². The molecule has 1 aromatic rings. The molecule has 1 fully saturated rings. The minimum atomic E-state index is -0.203. The Morgan fingerprint density at radius 1 is 1.62 bits per heavy atom. The molecule has 84 valence electrons. The SMILES string of the molecule is N#Cc1cc(CN2CCC[C@H](O)C2)ccn1. The van der Waals surface area contributed by atoms with E-state index in [2.05, 4.69) is 9.88 Å². The van der Waals surface area contributed by atoms with Crippen molar-refractivity contribution in [3.63, 3.8) is 0 Å². The summed E-state index contributed by atoms with van der Waals surface area (Å²) < 4.78 is 0. The lowest BCUT2D eigenvalue weighted by atomic mass is 10.1. The fourth-order valence-electron chi connectivity index (χ4n) is 2.07. The van der Waals surface area contributed by atoms with Crippen molar-refractivity contribution in [2.24, 2.45) is 0 Å². The Hall–Kier alpha value is -1.44. The van der Waals surface area contributed by atoms with Crippen LogP contribution in [0.15, 0.2) is 18.3 Å². The molecule has 1 aliphatic rings. The van der Waals surface area contributed by atoms with Gasteiger partial charge in [0.15, 0.2) is 0 Å². The number of nitriles is 1. The lowest BCUT2D eigenvalue weighted by Crippen LogP contribution is -2.37. The van der Waals surface area contributed by atoms with Crippen LogP contribution >= 0.6 is 0 Å². The fourth-order valence-corrected chi connectivity index (χ4v) is 2.07. The topological polar surface area (TPSA) is 60.2 Å². The van der Waals surface area contributed by atoms with Crippen molar-refractivity contribution in [3.8, 4) is 6.07 Å². The molecule has 4 heteroatoms. The molecule has 1 saturated heterocycles. The lowest BCUT2D eigenvalue weighted by molar-refractivity contribution is 0.0668. The molecule has 0 bridgehead atoms. The van der Waals surface area contributed by atoms with Gasteiger partial charge in [-0.1, -0.05) is 0 Å². The van der Waals surface area contributed by atoms with E-state index in [1.807, 2.05) is 12.1 Å². The third kappa shape index (κ3) is 2.78. The monoisotopic (exact) mass is 217 g/mol. The summed E-state index contributed by atoms with van der Waals surface area (Å²) in [6.07, 6.45) is 3.40. The highest BCUT2D eigenvalue weighted by atomic mass is 16.3. The van der Waals surface area contributed by atoms with Gasteiger partial charge in [0.2, 0.25) is 0 Å². The first-order chi connectivity index (χ1) is 7.78. The average molecular weight is 217 g/mol. The van der Waals surface area contributed by atoms with Gasteiger partial charge in [0.1, 0.15) is 11.8 Å². The molecule has 0 aliphatic carbocycles. The molecule has 0 spiro atoms. The zero-order valence-corrected chi connectivity index (χ0v) is 9.13. The van der Waals surface area contributed by atoms with Crippen LogP contribution < -0.4 is 0 Å². The maximum Gasteiger partial charge on any atom is 0.140 e. The van der Waals surface area contributed by atoms with Crippen molar-refractivity contribution in [1.82, 2.24) is 9.88 Å². The number of aromatic nitrogens is 1. The van der Waals surface area contributed by atoms with Crippen LogP contribution in [0.4, 0.5) is 0 Å². The predicted molar refractivity (Wildman–Crippen MR) is 59.5 cm³/mol. The van der Waals surface area contributed by atoms with E-state index in [-0.39, 0.29) is 6.10 Å². The normalized spacial score (nSPS) is 21.6. The number of aliphatic hydroxyl groups excluding tert-OH is 1. The van der Waals surface area contributed by atoms with E-state index in [0.29, 0.717) is 5.69 Å². The van der Waals surface area contributed by atoms with Gasteiger partial charge < -0.3 is 5.11 Å². The summed E-state index contributed by atoms with van der Waals surface area (Å²) >= 11 is 0. The molecule has 0 amide bonds. The van der Waals surface area contributed by atoms with E-state index < -0.39 is 0 Å². The van der Waals surface area contributed by atoms with Gasteiger partial charge in [0.25, 0.3) is 0 Å². The van der Waals surface area contributed by atoms with Crippen LogP contribution in [0.1, 0.15) is 24.1 Å². The van der Waals surface area contributed by atoms with E-state index in [1.165, 1.54) is 0 Å². The Morgan fingerprint density at radius 2 is 2.50 bits per heavy atom. The summed E-state index contributed by atoms with van der Waals surface area (Å²) in [7, 11) is 0. The van der Waals surface area contributed by atoms with Gasteiger partial charge in [0.05, 0.1) is 6.10 Å². The Balaban J connectivity index is 2.00. The second-order valence-corrected chi connectivity index (χ2v) is 4.19. The van der Waals surface area contributed by atoms with Crippen molar-refractivity contribution < 1.29 is 5.11 Å². The summed E-state index contributed by atoms with van der Waals surface area (Å²) in [4.78, 5) is 6.15. The van der Waals surface area contributed by atoms with Crippen molar-refractivity contribution in [1.29, 1.82) is 5.26 Å². The molecule has 1 aliphatic heterocycles. The number of rotatable bonds is 2. The molecular weight excluding hydrogens is 202 g/mol. The van der Waals surface area contributed by atoms with Crippen LogP contribution in [0.25, 0.3) is 0 Å². The summed E-state index contributed by atoms with van der Waals surface area (Å²) in [5, 5.41) is 18.3. The fraction of sp³-hybridized carbons (Fsp3) is 0.500. The maximum atomic E-state index is 9.55. The van der Waals surface area contributed by atoms with Gasteiger partial charge >= 0.3 is 0 Å². The molecule has 2 heterocycles. The Labute approximate surface area is 95.1 Å². The number of hydrogen-bond acceptors (Lipinski definition) is 4. The van der Waals surface area contributed by atoms with Gasteiger partial charge in [0, 0.05) is 19.3 Å². The quantitative estimate of drug-likeness (QED) is 0.800. The third-order valence-corrected chi connectivity index (χ3v) is 2.83. The molecule has 1 aromatic heterocycles. The van der Waals surface area contributed by atoms with Crippen LogP contribution in [0.5, 0.6) is 0 Å². The van der Waals surface area contributed by atoms with Gasteiger partial charge in [-0.05, 0) is 37.1 Å². The van der Waals surface area contributed by atoms with Gasteiger partial charge in [-0.2, -0.15) is 5.26 Å². The molecule has 16 heavy (non-hydrogen) atoms. The standard InChI is InChI=1S/C12H15N3O/c13-7-11-6-10(3-4-14-11)8-15-5-1-2-12(16)9-15/h3-4,6,12,16H,1-2,5,8-9H2/t12-/m0/s1. The maximum absolute atomic E-state index is 9.55. The van der Waals surface area contributed by atoms with Crippen LogP contribution in [-0.4, -0.2) is 34.2 Å². The van der Waals surface area contributed by atoms with E-state index in [1.54, 1.807) is 12.3 Å². The molecule has 4 nitrogen and oxygen atoms in total. The first kappa shape index (κ1) is 11.1. The van der Waals surface area contributed by atoms with E-state index in [0.717, 1.165) is 38.0 Å². The molecule has 1 atom stereocenters. The van der Waals surface area contributed by atoms with Gasteiger partial charge in [-0.3, -0.25) is 4.90 Å². The highest BCUT2D eigenvalue weighted by molar-refractivity contribution is 5.25. The molecular formula is C12H15N3O. The Kier molecular flexibility index (Phi) is 3.50. The summed E-state index contributed by atoms with van der Waals surface area (Å²) in [6, 6.07) is 5.76. The van der Waals surface area contributed by atoms with Crippen LogP contribution in [0.3, 0.4) is 0 Å². The van der Waals surface area contributed by atoms with Crippen molar-refractivity contribution in [3.05, 3.63) is 29.6 Å². The molecule has 2 rings (SSSR count). The number of likely N-dealkylation sites (tertiary alicyclic amines) is 1. The number of piperidine rings is 1. The van der Waals surface area contributed by atoms with Crippen molar-refractivity contribution in [2.45, 2.75) is 25.5 Å². The zero-order valence-electron chi connectivity index (χ0n) is 9.13. The van der Waals surface area contributed by atoms with Crippen molar-refractivity contribution >= 4 is 0 Å². The van der Waals surface area contributed by atoms with Crippen molar-refractivity contribution in [2.75, 3.05) is 13.1 Å². The zero-order chi connectivity index (χ0) is 11.4. The predicted octanol–water partition coefficient (Wildman–Crippen LogP) is 0.910. The lowest BCUT2D eigenvalue weighted by Gasteiger charge is -2.29. The third-order valence-electron chi connectivity index (χ3n) is 2.83. The number of nitrogens with zero attached hydrogens (tertiary/aromatic N) is 3. The minimum Gasteiger partial charge on any atom is -0.392 e. The molecule has 0 radical (unpaired) electrons. The van der Waals surface area contributed by atoms with E-state index in [4.69, 9.17) is 5.26 Å². The first-order valence-corrected chi connectivity index (χ1v) is 5.53. The van der Waals surface area contributed by atoms with Crippen LogP contribution in [0.2, 0.25) is 0 Å². The smallest absolute Gasteiger partial charge is 0.140 e. The highest BCUT2D eigenvalue weighted by Gasteiger charge is 2.17. The second kappa shape index (κ2) is 5.06. The van der Waals surface area contributed by atoms with Crippen LogP contribution in [0, 0.1) is 11.3 Å². The summed E-state index contributed by atoms with van der Waals surface area (Å²) in [5.74, 6) is 0. The van der Waals surface area contributed by atoms with E-state index in [9.17, 15) is 5.11 Å². The van der Waals surface area contributed by atoms with Crippen LogP contribution in [-0.2, 0) is 6.54 Å². The molecule has 1 N–H and O–H groups in total. The minimum absolute atomic E-state index is 0.203. The Morgan fingerprint density at radius 3 is 3.25 bits per heavy atom. The average Bonchev–Trinajstić information content (AvgIpc) is 2.29. The molecule has 0 aromatic carbocycles. The van der Waals surface area contributed by atoms with Gasteiger partial charge in [-0.25, -0.2) is 4.98 Å². The largest absolute Gasteiger partial charge is 0.392 e. The number of pyridine rings is 1. The first-order valence-electron chi connectivity index (χ1n) is 5.53. The summed E-state index contributed by atoms with van der Waals surface area (Å²) in [5.41, 5.74) is 1.54. The Bertz CT molecular complexity index is 399. The molecule has 0 unspecified atom stereocenters. The highest BCUT2D eigenvalue weighted by Crippen LogP contribution is 2.13. The second-order valence-electron chi connectivity index (χ2n) is 4.19. The number of β-amino-alcohol motifs (C(OH)–C–C–N with tert-alkyl or cyclic N) is 1.